The summed E-state index contributed by atoms with van der Waals surface area (Å²) in [4.78, 5) is 6.81. The summed E-state index contributed by atoms with van der Waals surface area (Å²) in [5.74, 6) is 1.44. The maximum atomic E-state index is 11.0. The number of halogens is 1. The van der Waals surface area contributed by atoms with E-state index < -0.39 is 9.84 Å². The van der Waals surface area contributed by atoms with Crippen molar-refractivity contribution in [2.45, 2.75) is 13.3 Å². The van der Waals surface area contributed by atoms with Crippen molar-refractivity contribution in [1.82, 2.24) is 10.2 Å². The summed E-state index contributed by atoms with van der Waals surface area (Å²) in [7, 11) is -1.30. The smallest absolute Gasteiger partial charge is 0.194 e. The molecule has 26 heavy (non-hydrogen) atoms. The third kappa shape index (κ3) is 12.3. The molecule has 8 nitrogen and oxygen atoms in total. The van der Waals surface area contributed by atoms with Gasteiger partial charge in [-0.05, 0) is 13.3 Å². The van der Waals surface area contributed by atoms with Crippen LogP contribution in [0.2, 0.25) is 0 Å². The number of hydrogen-bond acceptors (Lipinski definition) is 6. The zero-order valence-corrected chi connectivity index (χ0v) is 19.3. The van der Waals surface area contributed by atoms with Gasteiger partial charge in [-0.25, -0.2) is 8.42 Å². The average molecular weight is 507 g/mol. The second-order valence-corrected chi connectivity index (χ2v) is 8.41. The van der Waals surface area contributed by atoms with Gasteiger partial charge in [-0.15, -0.1) is 24.0 Å². The molecule has 1 unspecified atom stereocenters. The molecular formula is C16H34IN3O5S. The first-order valence-electron chi connectivity index (χ1n) is 8.81. The van der Waals surface area contributed by atoms with E-state index >= 15 is 0 Å². The van der Waals surface area contributed by atoms with Crippen molar-refractivity contribution in [2.24, 2.45) is 10.9 Å². The molecule has 1 rings (SSSR count). The summed E-state index contributed by atoms with van der Waals surface area (Å²) >= 11 is 0. The van der Waals surface area contributed by atoms with E-state index in [1.165, 1.54) is 6.26 Å². The van der Waals surface area contributed by atoms with E-state index in [1.807, 2.05) is 6.92 Å². The minimum absolute atomic E-state index is 0. The van der Waals surface area contributed by atoms with Gasteiger partial charge < -0.3 is 24.4 Å². The van der Waals surface area contributed by atoms with Gasteiger partial charge >= 0.3 is 0 Å². The molecule has 156 valence electrons. The van der Waals surface area contributed by atoms with Crippen molar-refractivity contribution >= 4 is 39.8 Å². The van der Waals surface area contributed by atoms with Crippen molar-refractivity contribution in [3.63, 3.8) is 0 Å². The largest absolute Gasteiger partial charge is 0.382 e. The molecule has 0 spiro atoms. The number of likely N-dealkylation sites (tertiary alicyclic amines) is 1. The SMILES string of the molecule is CCNC(=NCCOCCS(C)(=O)=O)N1CCC(COCCOC)C1.I. The standard InChI is InChI=1S/C16H33N3O5S.HI/c1-4-17-16(18-6-8-23-11-12-25(3,20)21)19-7-5-15(13-19)14-24-10-9-22-2;/h15H,4-14H2,1-3H3,(H,17,18);1H. The lowest BCUT2D eigenvalue weighted by Gasteiger charge is -2.21. The Kier molecular flexibility index (Phi) is 14.7. The summed E-state index contributed by atoms with van der Waals surface area (Å²) in [5, 5.41) is 3.30. The molecule has 0 amide bonds. The number of hydrogen-bond donors (Lipinski definition) is 1. The molecule has 0 aromatic carbocycles. The van der Waals surface area contributed by atoms with Gasteiger partial charge in [0.1, 0.15) is 9.84 Å². The summed E-state index contributed by atoms with van der Waals surface area (Å²) in [5.41, 5.74) is 0. The Balaban J connectivity index is 0.00000625. The fourth-order valence-corrected chi connectivity index (χ4v) is 2.93. The predicted octanol–water partition coefficient (Wildman–Crippen LogP) is 0.616. The first kappa shape index (κ1) is 25.8. The Morgan fingerprint density at radius 3 is 2.65 bits per heavy atom. The molecule has 1 atom stereocenters. The van der Waals surface area contributed by atoms with Crippen LogP contribution in [-0.4, -0.2) is 97.6 Å². The van der Waals surface area contributed by atoms with Crippen LogP contribution < -0.4 is 5.32 Å². The molecular weight excluding hydrogens is 473 g/mol. The van der Waals surface area contributed by atoms with Gasteiger partial charge in [-0.1, -0.05) is 0 Å². The van der Waals surface area contributed by atoms with Crippen LogP contribution in [0.5, 0.6) is 0 Å². The highest BCUT2D eigenvalue weighted by Gasteiger charge is 2.24. The highest BCUT2D eigenvalue weighted by Crippen LogP contribution is 2.16. The normalized spacial score (nSPS) is 18.0. The van der Waals surface area contributed by atoms with Crippen molar-refractivity contribution in [3.8, 4) is 0 Å². The second kappa shape index (κ2) is 14.8. The third-order valence-electron chi connectivity index (χ3n) is 3.80. The van der Waals surface area contributed by atoms with Crippen LogP contribution in [0, 0.1) is 5.92 Å². The topological polar surface area (TPSA) is 89.5 Å². The third-order valence-corrected chi connectivity index (χ3v) is 4.71. The van der Waals surface area contributed by atoms with Crippen molar-refractivity contribution in [3.05, 3.63) is 0 Å². The van der Waals surface area contributed by atoms with Crippen LogP contribution in [-0.2, 0) is 24.0 Å². The zero-order valence-electron chi connectivity index (χ0n) is 16.1. The Morgan fingerprint density at radius 2 is 2.00 bits per heavy atom. The van der Waals surface area contributed by atoms with Gasteiger partial charge in [0, 0.05) is 38.9 Å². The monoisotopic (exact) mass is 507 g/mol. The summed E-state index contributed by atoms with van der Waals surface area (Å²) in [6.45, 7) is 7.88. The molecule has 1 saturated heterocycles. The highest BCUT2D eigenvalue weighted by atomic mass is 127. The van der Waals surface area contributed by atoms with Crippen LogP contribution in [0.4, 0.5) is 0 Å². The van der Waals surface area contributed by atoms with E-state index in [9.17, 15) is 8.42 Å². The van der Waals surface area contributed by atoms with Gasteiger partial charge in [0.25, 0.3) is 0 Å². The Bertz CT molecular complexity index is 490. The molecule has 0 aromatic rings. The maximum Gasteiger partial charge on any atom is 0.194 e. The summed E-state index contributed by atoms with van der Waals surface area (Å²) in [6, 6.07) is 0. The predicted molar refractivity (Wildman–Crippen MR) is 114 cm³/mol. The lowest BCUT2D eigenvalue weighted by atomic mass is 10.1. The lowest BCUT2D eigenvalue weighted by Crippen LogP contribution is -2.40. The van der Waals surface area contributed by atoms with Crippen LogP contribution in [0.15, 0.2) is 4.99 Å². The molecule has 1 N–H and O–H groups in total. The summed E-state index contributed by atoms with van der Waals surface area (Å²) < 4.78 is 38.0. The van der Waals surface area contributed by atoms with Crippen LogP contribution in [0.1, 0.15) is 13.3 Å². The first-order valence-corrected chi connectivity index (χ1v) is 10.9. The molecule has 10 heteroatoms. The van der Waals surface area contributed by atoms with E-state index in [2.05, 4.69) is 15.2 Å². The number of nitrogens with one attached hydrogen (secondary N) is 1. The zero-order chi connectivity index (χ0) is 18.5. The molecule has 1 aliphatic heterocycles. The van der Waals surface area contributed by atoms with E-state index in [4.69, 9.17) is 14.2 Å². The molecule has 1 aliphatic rings. The van der Waals surface area contributed by atoms with Gasteiger partial charge in [0.05, 0.1) is 45.3 Å². The minimum Gasteiger partial charge on any atom is -0.382 e. The number of methoxy groups -OCH3 is 1. The van der Waals surface area contributed by atoms with Crippen molar-refractivity contribution in [2.75, 3.05) is 78.3 Å². The second-order valence-electron chi connectivity index (χ2n) is 6.15. The number of nitrogens with zero attached hydrogens (tertiary/aromatic N) is 2. The van der Waals surface area contributed by atoms with Crippen LogP contribution in [0.3, 0.4) is 0 Å². The Hall–Kier alpha value is -0.170. The number of ether oxygens (including phenoxy) is 3. The fourth-order valence-electron chi connectivity index (χ4n) is 2.51. The quantitative estimate of drug-likeness (QED) is 0.179. The summed E-state index contributed by atoms with van der Waals surface area (Å²) in [6.07, 6.45) is 2.29. The van der Waals surface area contributed by atoms with Crippen LogP contribution >= 0.6 is 24.0 Å². The highest BCUT2D eigenvalue weighted by molar-refractivity contribution is 14.0. The Morgan fingerprint density at radius 1 is 1.23 bits per heavy atom. The first-order chi connectivity index (χ1) is 12.0. The van der Waals surface area contributed by atoms with Crippen molar-refractivity contribution in [1.29, 1.82) is 0 Å². The maximum absolute atomic E-state index is 11.0. The van der Waals surface area contributed by atoms with Gasteiger partial charge in [-0.3, -0.25) is 4.99 Å². The molecule has 0 saturated carbocycles. The average Bonchev–Trinajstić information content (AvgIpc) is 3.01. The van der Waals surface area contributed by atoms with Gasteiger partial charge in [-0.2, -0.15) is 0 Å². The lowest BCUT2D eigenvalue weighted by molar-refractivity contribution is 0.0536. The fraction of sp³-hybridized carbons (Fsp3) is 0.938. The number of sulfone groups is 1. The molecule has 0 aromatic heterocycles. The van der Waals surface area contributed by atoms with E-state index in [0.29, 0.717) is 32.3 Å². The molecule has 0 radical (unpaired) electrons. The minimum atomic E-state index is -2.97. The van der Waals surface area contributed by atoms with Gasteiger partial charge in [0.15, 0.2) is 5.96 Å². The van der Waals surface area contributed by atoms with Gasteiger partial charge in [0.2, 0.25) is 0 Å². The molecule has 1 fully saturated rings. The molecule has 0 bridgehead atoms. The van der Waals surface area contributed by atoms with E-state index in [0.717, 1.165) is 38.6 Å². The number of aliphatic imine (C=N–C) groups is 1. The molecule has 0 aliphatic carbocycles. The van der Waals surface area contributed by atoms with E-state index in [-0.39, 0.29) is 36.3 Å². The van der Waals surface area contributed by atoms with Crippen LogP contribution in [0.25, 0.3) is 0 Å². The number of guanidine groups is 1. The molecule has 1 heterocycles. The Labute approximate surface area is 175 Å². The van der Waals surface area contributed by atoms with Crippen molar-refractivity contribution < 1.29 is 22.6 Å². The van der Waals surface area contributed by atoms with E-state index in [1.54, 1.807) is 7.11 Å². The number of rotatable bonds is 12.